The van der Waals surface area contributed by atoms with E-state index < -0.39 is 10.0 Å². The van der Waals surface area contributed by atoms with Gasteiger partial charge >= 0.3 is 6.03 Å². The molecule has 1 amide bonds. The zero-order valence-electron chi connectivity index (χ0n) is 14.0. The highest BCUT2D eigenvalue weighted by Crippen LogP contribution is 2.25. The van der Waals surface area contributed by atoms with Gasteiger partial charge in [0.25, 0.3) is 15.2 Å². The van der Waals surface area contributed by atoms with E-state index in [1.165, 1.54) is 10.6 Å². The molecule has 1 aliphatic carbocycles. The van der Waals surface area contributed by atoms with Crippen LogP contribution in [0, 0.1) is 0 Å². The van der Waals surface area contributed by atoms with Gasteiger partial charge in [-0.1, -0.05) is 19.3 Å². The van der Waals surface area contributed by atoms with Crippen LogP contribution in [0.4, 0.5) is 4.79 Å². The summed E-state index contributed by atoms with van der Waals surface area (Å²) in [5, 5.41) is 3.59. The monoisotopic (exact) mass is 343 g/mol. The number of carbonyl (C=O) groups is 1. The third-order valence-corrected chi connectivity index (χ3v) is 6.10. The minimum absolute atomic E-state index is 0.0146. The van der Waals surface area contributed by atoms with Crippen molar-refractivity contribution >= 4 is 16.1 Å². The van der Waals surface area contributed by atoms with E-state index in [9.17, 15) is 13.2 Å². The first-order valence-corrected chi connectivity index (χ1v) is 9.54. The van der Waals surface area contributed by atoms with Gasteiger partial charge in [0, 0.05) is 26.2 Å². The molecular formula is C14H25N5O3S. The van der Waals surface area contributed by atoms with Gasteiger partial charge < -0.3 is 4.90 Å². The van der Waals surface area contributed by atoms with Gasteiger partial charge in [-0.3, -0.25) is 0 Å². The molecule has 2 rings (SSSR count). The minimum atomic E-state index is -3.77. The predicted octanol–water partition coefficient (Wildman–Crippen LogP) is 1.54. The van der Waals surface area contributed by atoms with Crippen LogP contribution in [0.5, 0.6) is 0 Å². The molecule has 0 aromatic carbocycles. The molecule has 0 unspecified atom stereocenters. The highest BCUT2D eigenvalue weighted by atomic mass is 32.2. The van der Waals surface area contributed by atoms with Crippen molar-refractivity contribution < 1.29 is 13.2 Å². The summed E-state index contributed by atoms with van der Waals surface area (Å²) in [7, 11) is -2.20. The van der Waals surface area contributed by atoms with Crippen molar-refractivity contribution in [1.29, 1.82) is 0 Å². The smallest absolute Gasteiger partial charge is 0.323 e. The molecule has 0 spiro atoms. The fraction of sp³-hybridized carbons (Fsp3) is 0.786. The predicted molar refractivity (Wildman–Crippen MR) is 85.6 cm³/mol. The molecule has 1 saturated carbocycles. The van der Waals surface area contributed by atoms with E-state index in [2.05, 4.69) is 10.1 Å². The number of sulfonamides is 1. The average Bonchev–Trinajstić information content (AvgIpc) is 3.06. The van der Waals surface area contributed by atoms with Crippen LogP contribution in [0.1, 0.15) is 46.0 Å². The zero-order chi connectivity index (χ0) is 17.0. The second-order valence-corrected chi connectivity index (χ2v) is 7.63. The van der Waals surface area contributed by atoms with E-state index in [1.807, 2.05) is 13.8 Å². The van der Waals surface area contributed by atoms with Crippen LogP contribution in [0.3, 0.4) is 0 Å². The molecule has 1 aromatic heterocycles. The summed E-state index contributed by atoms with van der Waals surface area (Å²) in [4.78, 5) is 17.6. The largest absolute Gasteiger partial charge is 0.346 e. The maximum absolute atomic E-state index is 12.6. The average molecular weight is 343 g/mol. The fourth-order valence-electron chi connectivity index (χ4n) is 2.87. The first-order valence-electron chi connectivity index (χ1n) is 8.10. The van der Waals surface area contributed by atoms with E-state index >= 15 is 0 Å². The summed E-state index contributed by atoms with van der Waals surface area (Å²) < 4.78 is 27.6. The zero-order valence-corrected chi connectivity index (χ0v) is 14.8. The van der Waals surface area contributed by atoms with Crippen molar-refractivity contribution in [2.24, 2.45) is 0 Å². The van der Waals surface area contributed by atoms with E-state index in [1.54, 1.807) is 11.9 Å². The van der Waals surface area contributed by atoms with Crippen LogP contribution in [0.25, 0.3) is 0 Å². The first-order chi connectivity index (χ1) is 10.9. The number of hydrogen-bond donors (Lipinski definition) is 0. The van der Waals surface area contributed by atoms with E-state index in [-0.39, 0.29) is 17.2 Å². The Balaban J connectivity index is 2.19. The quantitative estimate of drug-likeness (QED) is 0.809. The lowest BCUT2D eigenvalue weighted by molar-refractivity contribution is 0.201. The normalized spacial score (nSPS) is 16.7. The molecule has 0 radical (unpaired) electrons. The number of amides is 1. The third kappa shape index (κ3) is 3.72. The fourth-order valence-corrected chi connectivity index (χ4v) is 4.10. The second-order valence-electron chi connectivity index (χ2n) is 5.74. The Morgan fingerprint density at radius 1 is 1.26 bits per heavy atom. The molecule has 0 saturated heterocycles. The lowest BCUT2D eigenvalue weighted by Crippen LogP contribution is -2.39. The highest BCUT2D eigenvalue weighted by molar-refractivity contribution is 7.88. The van der Waals surface area contributed by atoms with Gasteiger partial charge in [0.2, 0.25) is 0 Å². The van der Waals surface area contributed by atoms with Crippen LogP contribution < -0.4 is 0 Å². The van der Waals surface area contributed by atoms with E-state index in [0.717, 1.165) is 36.8 Å². The van der Waals surface area contributed by atoms with Crippen molar-refractivity contribution in [2.45, 2.75) is 57.1 Å². The molecule has 0 atom stereocenters. The second kappa shape index (κ2) is 7.39. The molecular weight excluding hydrogens is 318 g/mol. The van der Waals surface area contributed by atoms with Crippen LogP contribution in [-0.4, -0.2) is 64.6 Å². The van der Waals surface area contributed by atoms with Crippen LogP contribution in [0.15, 0.2) is 11.5 Å². The third-order valence-electron chi connectivity index (χ3n) is 4.40. The van der Waals surface area contributed by atoms with Crippen LogP contribution in [-0.2, 0) is 10.0 Å². The molecule has 9 heteroatoms. The summed E-state index contributed by atoms with van der Waals surface area (Å²) in [6.07, 6.45) is 6.10. The van der Waals surface area contributed by atoms with Gasteiger partial charge in [-0.15, -0.1) is 5.10 Å². The Kier molecular flexibility index (Phi) is 5.74. The molecule has 0 bridgehead atoms. The molecule has 23 heavy (non-hydrogen) atoms. The van der Waals surface area contributed by atoms with Gasteiger partial charge in [-0.2, -0.15) is 8.99 Å². The van der Waals surface area contributed by atoms with Crippen molar-refractivity contribution in [3.63, 3.8) is 0 Å². The van der Waals surface area contributed by atoms with Gasteiger partial charge in [-0.25, -0.2) is 18.2 Å². The molecule has 1 fully saturated rings. The summed E-state index contributed by atoms with van der Waals surface area (Å²) in [6, 6.07) is -0.386. The van der Waals surface area contributed by atoms with Gasteiger partial charge in [0.1, 0.15) is 6.33 Å². The van der Waals surface area contributed by atoms with Gasteiger partial charge in [0.15, 0.2) is 0 Å². The van der Waals surface area contributed by atoms with Gasteiger partial charge in [-0.05, 0) is 26.7 Å². The molecule has 8 nitrogen and oxygen atoms in total. The molecule has 0 N–H and O–H groups in total. The summed E-state index contributed by atoms with van der Waals surface area (Å²) in [5.74, 6) is 0. The lowest BCUT2D eigenvalue weighted by Gasteiger charge is -2.29. The van der Waals surface area contributed by atoms with Crippen LogP contribution >= 0.6 is 0 Å². The topological polar surface area (TPSA) is 88.4 Å². The van der Waals surface area contributed by atoms with Crippen molar-refractivity contribution in [3.8, 4) is 0 Å². The molecule has 0 aliphatic heterocycles. The highest BCUT2D eigenvalue weighted by Gasteiger charge is 2.32. The Labute approximate surface area is 137 Å². The maximum atomic E-state index is 12.6. The Morgan fingerprint density at radius 2 is 1.87 bits per heavy atom. The van der Waals surface area contributed by atoms with Crippen molar-refractivity contribution in [2.75, 3.05) is 20.1 Å². The molecule has 1 heterocycles. The number of nitrogens with zero attached hydrogens (tertiary/aromatic N) is 5. The Morgan fingerprint density at radius 3 is 2.43 bits per heavy atom. The van der Waals surface area contributed by atoms with E-state index in [0.29, 0.717) is 13.1 Å². The van der Waals surface area contributed by atoms with Crippen molar-refractivity contribution in [3.05, 3.63) is 6.33 Å². The Hall–Kier alpha value is -1.48. The summed E-state index contributed by atoms with van der Waals surface area (Å²) in [6.45, 7) is 4.76. The lowest BCUT2D eigenvalue weighted by atomic mass is 9.96. The minimum Gasteiger partial charge on any atom is -0.323 e. The van der Waals surface area contributed by atoms with E-state index in [4.69, 9.17) is 0 Å². The first kappa shape index (κ1) is 17.9. The Bertz CT molecular complexity index is 633. The number of hydrogen-bond acceptors (Lipinski definition) is 5. The molecule has 1 aliphatic rings. The molecule has 1 aromatic rings. The number of carbonyl (C=O) groups excluding carboxylic acids is 1. The standard InChI is InChI=1S/C14H25N5O3S/c1-4-18(5-2)14(20)19-11-15-13(16-19)23(21,22)17(3)12-9-7-6-8-10-12/h11-12H,4-10H2,1-3H3. The summed E-state index contributed by atoms with van der Waals surface area (Å²) in [5.41, 5.74) is 0. The van der Waals surface area contributed by atoms with Crippen molar-refractivity contribution in [1.82, 2.24) is 24.0 Å². The maximum Gasteiger partial charge on any atom is 0.346 e. The van der Waals surface area contributed by atoms with Gasteiger partial charge in [0.05, 0.1) is 0 Å². The van der Waals surface area contributed by atoms with Crippen LogP contribution in [0.2, 0.25) is 0 Å². The SMILES string of the molecule is CCN(CC)C(=O)n1cnc(S(=O)(=O)N(C)C2CCCCC2)n1. The molecule has 130 valence electrons. The number of rotatable bonds is 5. The summed E-state index contributed by atoms with van der Waals surface area (Å²) >= 11 is 0. The number of aromatic nitrogens is 3.